The van der Waals surface area contributed by atoms with E-state index in [0.29, 0.717) is 12.4 Å². The third kappa shape index (κ3) is 5.98. The van der Waals surface area contributed by atoms with Gasteiger partial charge in [-0.2, -0.15) is 0 Å². The van der Waals surface area contributed by atoms with Gasteiger partial charge in [0.2, 0.25) is 5.88 Å². The Balaban J connectivity index is 1.69. The van der Waals surface area contributed by atoms with E-state index < -0.39 is 0 Å². The van der Waals surface area contributed by atoms with Crippen LogP contribution in [-0.2, 0) is 13.0 Å². The van der Waals surface area contributed by atoms with Gasteiger partial charge in [0.05, 0.1) is 7.11 Å². The number of carbonyl (C=O) groups excluding carboxylic acids is 1. The van der Waals surface area contributed by atoms with Crippen LogP contribution in [0.2, 0.25) is 0 Å². The highest BCUT2D eigenvalue weighted by Gasteiger charge is 2.07. The average molecular weight is 313 g/mol. The lowest BCUT2D eigenvalue weighted by Gasteiger charge is -2.14. The van der Waals surface area contributed by atoms with Gasteiger partial charge in [-0.1, -0.05) is 36.4 Å². The van der Waals surface area contributed by atoms with Gasteiger partial charge in [-0.15, -0.1) is 0 Å². The van der Waals surface area contributed by atoms with E-state index in [2.05, 4.69) is 27.8 Å². The van der Waals surface area contributed by atoms with Gasteiger partial charge in [-0.05, 0) is 30.9 Å². The van der Waals surface area contributed by atoms with Gasteiger partial charge in [-0.3, -0.25) is 0 Å². The Labute approximate surface area is 137 Å². The van der Waals surface area contributed by atoms with Crippen LogP contribution >= 0.6 is 0 Å². The smallest absolute Gasteiger partial charge is 0.315 e. The van der Waals surface area contributed by atoms with E-state index in [9.17, 15) is 4.79 Å². The highest BCUT2D eigenvalue weighted by atomic mass is 16.5. The van der Waals surface area contributed by atoms with E-state index in [1.807, 2.05) is 31.2 Å². The fourth-order valence-electron chi connectivity index (χ4n) is 2.19. The third-order valence-electron chi connectivity index (χ3n) is 3.55. The van der Waals surface area contributed by atoms with Crippen molar-refractivity contribution in [1.82, 2.24) is 15.6 Å². The topological polar surface area (TPSA) is 63.2 Å². The summed E-state index contributed by atoms with van der Waals surface area (Å²) in [4.78, 5) is 16.0. The average Bonchev–Trinajstić information content (AvgIpc) is 2.59. The van der Waals surface area contributed by atoms with Gasteiger partial charge < -0.3 is 15.4 Å². The maximum atomic E-state index is 11.9. The van der Waals surface area contributed by atoms with Crippen LogP contribution < -0.4 is 15.4 Å². The first-order valence-electron chi connectivity index (χ1n) is 7.74. The molecule has 1 atom stereocenters. The first kappa shape index (κ1) is 16.8. The number of amides is 2. The van der Waals surface area contributed by atoms with Crippen molar-refractivity contribution in [1.29, 1.82) is 0 Å². The summed E-state index contributed by atoms with van der Waals surface area (Å²) in [5, 5.41) is 5.78. The fraction of sp³-hybridized carbons (Fsp3) is 0.333. The summed E-state index contributed by atoms with van der Waals surface area (Å²) in [7, 11) is 1.57. The molecule has 0 fully saturated rings. The van der Waals surface area contributed by atoms with Crippen LogP contribution in [0.3, 0.4) is 0 Å². The third-order valence-corrected chi connectivity index (χ3v) is 3.55. The molecular formula is C18H23N3O2. The van der Waals surface area contributed by atoms with Crippen LogP contribution in [0.5, 0.6) is 5.88 Å². The maximum absolute atomic E-state index is 11.9. The number of hydrogen-bond acceptors (Lipinski definition) is 3. The lowest BCUT2D eigenvalue weighted by atomic mass is 10.1. The van der Waals surface area contributed by atoms with Crippen LogP contribution in [0, 0.1) is 0 Å². The molecule has 5 heteroatoms. The van der Waals surface area contributed by atoms with Gasteiger partial charge >= 0.3 is 6.03 Å². The summed E-state index contributed by atoms with van der Waals surface area (Å²) in [6.07, 6.45) is 3.55. The van der Waals surface area contributed by atoms with Crippen molar-refractivity contribution >= 4 is 6.03 Å². The number of aromatic nitrogens is 1. The highest BCUT2D eigenvalue weighted by molar-refractivity contribution is 5.74. The molecule has 2 aromatic rings. The van der Waals surface area contributed by atoms with Gasteiger partial charge in [-0.25, -0.2) is 9.78 Å². The molecule has 0 bridgehead atoms. The van der Waals surface area contributed by atoms with Gasteiger partial charge in [0.15, 0.2) is 0 Å². The first-order chi connectivity index (χ1) is 11.2. The lowest BCUT2D eigenvalue weighted by Crippen LogP contribution is -2.40. The molecule has 0 aliphatic carbocycles. The van der Waals surface area contributed by atoms with Crippen LogP contribution in [0.15, 0.2) is 48.7 Å². The van der Waals surface area contributed by atoms with Crippen molar-refractivity contribution in [2.45, 2.75) is 32.4 Å². The molecule has 0 aliphatic heterocycles. The fourth-order valence-corrected chi connectivity index (χ4v) is 2.19. The second-order valence-electron chi connectivity index (χ2n) is 5.46. The molecule has 23 heavy (non-hydrogen) atoms. The molecule has 0 saturated carbocycles. The molecule has 2 rings (SSSR count). The van der Waals surface area contributed by atoms with E-state index in [1.54, 1.807) is 19.4 Å². The zero-order valence-corrected chi connectivity index (χ0v) is 13.6. The predicted molar refractivity (Wildman–Crippen MR) is 90.4 cm³/mol. The molecule has 1 heterocycles. The van der Waals surface area contributed by atoms with E-state index >= 15 is 0 Å². The molecule has 1 aromatic heterocycles. The number of aryl methyl sites for hydroxylation is 1. The summed E-state index contributed by atoms with van der Waals surface area (Å²) in [6.45, 7) is 2.45. The monoisotopic (exact) mass is 313 g/mol. The summed E-state index contributed by atoms with van der Waals surface area (Å²) in [6, 6.07) is 13.9. The lowest BCUT2D eigenvalue weighted by molar-refractivity contribution is 0.237. The normalized spacial score (nSPS) is 11.6. The van der Waals surface area contributed by atoms with Crippen LogP contribution in [-0.4, -0.2) is 24.2 Å². The second kappa shape index (κ2) is 8.78. The van der Waals surface area contributed by atoms with E-state index in [-0.39, 0.29) is 12.1 Å². The molecule has 0 radical (unpaired) electrons. The minimum Gasteiger partial charge on any atom is -0.481 e. The van der Waals surface area contributed by atoms with E-state index in [1.165, 1.54) is 5.56 Å². The van der Waals surface area contributed by atoms with Gasteiger partial charge in [0, 0.05) is 24.8 Å². The number of pyridine rings is 1. The number of rotatable bonds is 7. The minimum atomic E-state index is -0.165. The highest BCUT2D eigenvalue weighted by Crippen LogP contribution is 2.06. The van der Waals surface area contributed by atoms with Gasteiger partial charge in [0.25, 0.3) is 0 Å². The number of carbonyl (C=O) groups is 1. The zero-order valence-electron chi connectivity index (χ0n) is 13.6. The molecule has 2 N–H and O–H groups in total. The quantitative estimate of drug-likeness (QED) is 0.826. The summed E-state index contributed by atoms with van der Waals surface area (Å²) in [5.74, 6) is 0.563. The number of nitrogens with zero attached hydrogens (tertiary/aromatic N) is 1. The Morgan fingerprint density at radius 3 is 2.61 bits per heavy atom. The summed E-state index contributed by atoms with van der Waals surface area (Å²) >= 11 is 0. The standard InChI is InChI=1S/C18H23N3O2/c1-14(8-9-15-6-4-3-5-7-15)21-18(22)20-13-16-10-11-17(23-2)19-12-16/h3-7,10-12,14H,8-9,13H2,1-2H3,(H2,20,21,22). The Kier molecular flexibility index (Phi) is 6.41. The summed E-state index contributed by atoms with van der Waals surface area (Å²) in [5.41, 5.74) is 2.21. The number of hydrogen-bond donors (Lipinski definition) is 2. The van der Waals surface area contributed by atoms with Crippen LogP contribution in [0.1, 0.15) is 24.5 Å². The van der Waals surface area contributed by atoms with Crippen molar-refractivity contribution in [3.63, 3.8) is 0 Å². The molecule has 5 nitrogen and oxygen atoms in total. The van der Waals surface area contributed by atoms with Crippen molar-refractivity contribution in [2.24, 2.45) is 0 Å². The van der Waals surface area contributed by atoms with Gasteiger partial charge in [0.1, 0.15) is 0 Å². The minimum absolute atomic E-state index is 0.115. The largest absolute Gasteiger partial charge is 0.481 e. The molecule has 1 unspecified atom stereocenters. The molecule has 0 aliphatic rings. The Morgan fingerprint density at radius 2 is 1.96 bits per heavy atom. The van der Waals surface area contributed by atoms with Crippen LogP contribution in [0.4, 0.5) is 4.79 Å². The molecule has 122 valence electrons. The number of ether oxygens (including phenoxy) is 1. The SMILES string of the molecule is COc1ccc(CNC(=O)NC(C)CCc2ccccc2)cn1. The Bertz CT molecular complexity index is 599. The molecule has 0 spiro atoms. The van der Waals surface area contributed by atoms with E-state index in [0.717, 1.165) is 18.4 Å². The van der Waals surface area contributed by atoms with Crippen molar-refractivity contribution in [3.8, 4) is 5.88 Å². The summed E-state index contributed by atoms with van der Waals surface area (Å²) < 4.78 is 5.00. The zero-order chi connectivity index (χ0) is 16.5. The molecule has 0 saturated heterocycles. The Hall–Kier alpha value is -2.56. The first-order valence-corrected chi connectivity index (χ1v) is 7.74. The van der Waals surface area contributed by atoms with Crippen LogP contribution in [0.25, 0.3) is 0 Å². The maximum Gasteiger partial charge on any atom is 0.315 e. The second-order valence-corrected chi connectivity index (χ2v) is 5.46. The molecule has 2 amide bonds. The Morgan fingerprint density at radius 1 is 1.17 bits per heavy atom. The predicted octanol–water partition coefficient (Wildman–Crippen LogP) is 2.91. The number of methoxy groups -OCH3 is 1. The van der Waals surface area contributed by atoms with Crippen molar-refractivity contribution < 1.29 is 9.53 Å². The number of nitrogens with one attached hydrogen (secondary N) is 2. The number of urea groups is 1. The van der Waals surface area contributed by atoms with Crippen molar-refractivity contribution in [3.05, 3.63) is 59.8 Å². The van der Waals surface area contributed by atoms with Crippen molar-refractivity contribution in [2.75, 3.05) is 7.11 Å². The molecule has 1 aromatic carbocycles. The molecular weight excluding hydrogens is 290 g/mol. The van der Waals surface area contributed by atoms with E-state index in [4.69, 9.17) is 4.74 Å². The number of benzene rings is 1.